The Morgan fingerprint density at radius 1 is 1.07 bits per heavy atom. The average Bonchev–Trinajstić information content (AvgIpc) is 3.59. The predicted molar refractivity (Wildman–Crippen MR) is 114 cm³/mol. The van der Waals surface area contributed by atoms with E-state index in [4.69, 9.17) is 14.2 Å². The van der Waals surface area contributed by atoms with Gasteiger partial charge in [-0.15, -0.1) is 0 Å². The quantitative estimate of drug-likeness (QED) is 0.473. The fraction of sp³-hybridized carbons (Fsp3) is 0.455. The van der Waals surface area contributed by atoms with Gasteiger partial charge >= 0.3 is 0 Å². The molecule has 2 aromatic rings. The van der Waals surface area contributed by atoms with E-state index in [1.54, 1.807) is 20.4 Å². The lowest BCUT2D eigenvalue weighted by atomic mass is 10.2. The molecule has 1 heterocycles. The fourth-order valence-electron chi connectivity index (χ4n) is 2.80. The summed E-state index contributed by atoms with van der Waals surface area (Å²) in [6.07, 6.45) is 4.32. The van der Waals surface area contributed by atoms with Crippen molar-refractivity contribution in [3.63, 3.8) is 0 Å². The third kappa shape index (κ3) is 6.55. The Bertz CT molecular complexity index is 821. The molecule has 0 atom stereocenters. The van der Waals surface area contributed by atoms with Gasteiger partial charge in [-0.1, -0.05) is 6.07 Å². The molecule has 0 spiro atoms. The van der Waals surface area contributed by atoms with Gasteiger partial charge < -0.3 is 24.8 Å². The van der Waals surface area contributed by atoms with Gasteiger partial charge in [0, 0.05) is 25.4 Å². The molecule has 29 heavy (non-hydrogen) atoms. The van der Waals surface area contributed by atoms with Crippen LogP contribution in [0, 0.1) is 5.92 Å². The number of benzene rings is 1. The number of hydrogen-bond acceptors (Lipinski definition) is 5. The Labute approximate surface area is 172 Å². The first-order valence-electron chi connectivity index (χ1n) is 10.0. The largest absolute Gasteiger partial charge is 0.493 e. The molecule has 0 unspecified atom stereocenters. The number of guanidine groups is 1. The van der Waals surface area contributed by atoms with Crippen LogP contribution in [-0.4, -0.2) is 38.3 Å². The molecule has 0 saturated heterocycles. The topological polar surface area (TPSA) is 77.0 Å². The highest BCUT2D eigenvalue weighted by atomic mass is 16.5. The van der Waals surface area contributed by atoms with Crippen molar-refractivity contribution in [3.8, 4) is 17.4 Å². The van der Waals surface area contributed by atoms with Crippen LogP contribution in [0.25, 0.3) is 0 Å². The number of methoxy groups -OCH3 is 2. The molecule has 0 radical (unpaired) electrons. The van der Waals surface area contributed by atoms with Crippen molar-refractivity contribution in [2.45, 2.75) is 32.9 Å². The highest BCUT2D eigenvalue weighted by Crippen LogP contribution is 2.29. The second kappa shape index (κ2) is 10.5. The van der Waals surface area contributed by atoms with Gasteiger partial charge in [-0.25, -0.2) is 9.98 Å². The van der Waals surface area contributed by atoms with E-state index in [1.165, 1.54) is 12.8 Å². The zero-order valence-corrected chi connectivity index (χ0v) is 17.4. The molecule has 0 amide bonds. The van der Waals surface area contributed by atoms with Crippen LogP contribution in [0.3, 0.4) is 0 Å². The summed E-state index contributed by atoms with van der Waals surface area (Å²) in [7, 11) is 3.26. The first kappa shape index (κ1) is 20.8. The minimum atomic E-state index is 0.530. The fourth-order valence-corrected chi connectivity index (χ4v) is 2.80. The van der Waals surface area contributed by atoms with Crippen LogP contribution >= 0.6 is 0 Å². The molecular formula is C22H30N4O3. The third-order valence-electron chi connectivity index (χ3n) is 4.63. The summed E-state index contributed by atoms with van der Waals surface area (Å²) in [6.45, 7) is 4.76. The maximum atomic E-state index is 5.76. The summed E-state index contributed by atoms with van der Waals surface area (Å²) in [5.74, 6) is 3.56. The van der Waals surface area contributed by atoms with Crippen LogP contribution in [0.5, 0.6) is 17.4 Å². The van der Waals surface area contributed by atoms with Crippen LogP contribution in [0.15, 0.2) is 41.5 Å². The van der Waals surface area contributed by atoms with Crippen LogP contribution in [0.4, 0.5) is 0 Å². The molecule has 1 aliphatic rings. The molecule has 3 rings (SSSR count). The van der Waals surface area contributed by atoms with Crippen LogP contribution in [0.1, 0.15) is 30.9 Å². The maximum Gasteiger partial charge on any atom is 0.213 e. The van der Waals surface area contributed by atoms with Gasteiger partial charge in [0.2, 0.25) is 5.88 Å². The minimum absolute atomic E-state index is 0.530. The molecule has 1 saturated carbocycles. The number of hydrogen-bond donors (Lipinski definition) is 2. The standard InChI is InChI=1S/C22H30N4O3/c1-4-23-22(25-13-17-7-8-19(27-2)20(11-17)28-3)26-14-18-9-10-24-21(12-18)29-15-16-5-6-16/h7-12,16H,4-6,13-15H2,1-3H3,(H2,23,25,26). The summed E-state index contributed by atoms with van der Waals surface area (Å²) in [5, 5.41) is 6.64. The van der Waals surface area contributed by atoms with E-state index in [0.717, 1.165) is 30.2 Å². The van der Waals surface area contributed by atoms with Crippen molar-refractivity contribution in [1.82, 2.24) is 15.6 Å². The molecule has 1 fully saturated rings. The molecular weight excluding hydrogens is 368 g/mol. The zero-order chi connectivity index (χ0) is 20.5. The third-order valence-corrected chi connectivity index (χ3v) is 4.63. The van der Waals surface area contributed by atoms with Crippen molar-refractivity contribution in [2.24, 2.45) is 10.9 Å². The van der Waals surface area contributed by atoms with E-state index in [2.05, 4.69) is 20.6 Å². The SMILES string of the molecule is CCNC(=NCc1ccc(OC)c(OC)c1)NCc1ccnc(OCC2CC2)c1. The van der Waals surface area contributed by atoms with Gasteiger partial charge in [-0.3, -0.25) is 0 Å². The van der Waals surface area contributed by atoms with Crippen LogP contribution in [0.2, 0.25) is 0 Å². The zero-order valence-electron chi connectivity index (χ0n) is 17.4. The second-order valence-corrected chi connectivity index (χ2v) is 6.99. The molecule has 0 aliphatic heterocycles. The number of pyridine rings is 1. The van der Waals surface area contributed by atoms with Crippen LogP contribution in [-0.2, 0) is 13.1 Å². The summed E-state index contributed by atoms with van der Waals surface area (Å²) in [5.41, 5.74) is 2.14. The normalized spacial score (nSPS) is 13.7. The van der Waals surface area contributed by atoms with Gasteiger partial charge in [-0.05, 0) is 55.0 Å². The summed E-state index contributed by atoms with van der Waals surface area (Å²) in [4.78, 5) is 8.96. The maximum absolute atomic E-state index is 5.76. The number of nitrogens with zero attached hydrogens (tertiary/aromatic N) is 2. The van der Waals surface area contributed by atoms with E-state index in [0.29, 0.717) is 36.4 Å². The highest BCUT2D eigenvalue weighted by molar-refractivity contribution is 5.79. The van der Waals surface area contributed by atoms with Gasteiger partial charge in [0.15, 0.2) is 17.5 Å². The van der Waals surface area contributed by atoms with Crippen molar-refractivity contribution in [1.29, 1.82) is 0 Å². The minimum Gasteiger partial charge on any atom is -0.493 e. The first-order chi connectivity index (χ1) is 14.2. The Hall–Kier alpha value is -2.96. The van der Waals surface area contributed by atoms with E-state index in [-0.39, 0.29) is 0 Å². The predicted octanol–water partition coefficient (Wildman–Crippen LogP) is 3.14. The van der Waals surface area contributed by atoms with Crippen molar-refractivity contribution >= 4 is 5.96 Å². The molecule has 7 nitrogen and oxygen atoms in total. The van der Waals surface area contributed by atoms with E-state index in [9.17, 15) is 0 Å². The monoisotopic (exact) mass is 398 g/mol. The van der Waals surface area contributed by atoms with E-state index in [1.807, 2.05) is 37.3 Å². The number of aliphatic imine (C=N–C) groups is 1. The van der Waals surface area contributed by atoms with Gasteiger partial charge in [-0.2, -0.15) is 0 Å². The average molecular weight is 399 g/mol. The Balaban J connectivity index is 1.58. The molecule has 156 valence electrons. The lowest BCUT2D eigenvalue weighted by Gasteiger charge is -2.13. The lowest BCUT2D eigenvalue weighted by Crippen LogP contribution is -2.36. The van der Waals surface area contributed by atoms with Crippen molar-refractivity contribution in [3.05, 3.63) is 47.7 Å². The Morgan fingerprint density at radius 3 is 2.62 bits per heavy atom. The number of aromatic nitrogens is 1. The van der Waals surface area contributed by atoms with Crippen LogP contribution < -0.4 is 24.8 Å². The van der Waals surface area contributed by atoms with Gasteiger partial charge in [0.25, 0.3) is 0 Å². The Morgan fingerprint density at radius 2 is 1.90 bits per heavy atom. The number of rotatable bonds is 10. The van der Waals surface area contributed by atoms with Crippen molar-refractivity contribution in [2.75, 3.05) is 27.4 Å². The molecule has 7 heteroatoms. The molecule has 2 N–H and O–H groups in total. The van der Waals surface area contributed by atoms with Crippen molar-refractivity contribution < 1.29 is 14.2 Å². The molecule has 0 bridgehead atoms. The summed E-state index contributed by atoms with van der Waals surface area (Å²) in [6, 6.07) is 9.78. The number of nitrogens with one attached hydrogen (secondary N) is 2. The number of ether oxygens (including phenoxy) is 3. The Kier molecular flexibility index (Phi) is 7.55. The highest BCUT2D eigenvalue weighted by Gasteiger charge is 2.22. The first-order valence-corrected chi connectivity index (χ1v) is 10.0. The van der Waals surface area contributed by atoms with Gasteiger partial charge in [0.05, 0.1) is 27.4 Å². The van der Waals surface area contributed by atoms with Gasteiger partial charge in [0.1, 0.15) is 0 Å². The van der Waals surface area contributed by atoms with E-state index >= 15 is 0 Å². The molecule has 1 aromatic heterocycles. The second-order valence-electron chi connectivity index (χ2n) is 6.99. The molecule has 1 aliphatic carbocycles. The summed E-state index contributed by atoms with van der Waals surface area (Å²) >= 11 is 0. The lowest BCUT2D eigenvalue weighted by molar-refractivity contribution is 0.288. The summed E-state index contributed by atoms with van der Waals surface area (Å²) < 4.78 is 16.4. The van der Waals surface area contributed by atoms with E-state index < -0.39 is 0 Å². The molecule has 1 aromatic carbocycles. The smallest absolute Gasteiger partial charge is 0.213 e.